The minimum Gasteiger partial charge on any atom is -0.406 e. The Kier molecular flexibility index (Phi) is 5.73. The van der Waals surface area contributed by atoms with Gasteiger partial charge in [0.15, 0.2) is 0 Å². The molecule has 3 aromatic rings. The molecule has 0 spiro atoms. The highest BCUT2D eigenvalue weighted by Crippen LogP contribution is 2.40. The molecule has 1 aromatic heterocycles. The summed E-state index contributed by atoms with van der Waals surface area (Å²) in [6.07, 6.45) is -3.99. The molecule has 8 heteroatoms. The predicted octanol–water partition coefficient (Wildman–Crippen LogP) is 4.61. The zero-order chi connectivity index (χ0) is 22.0. The van der Waals surface area contributed by atoms with Crippen LogP contribution < -0.4 is 15.4 Å². The summed E-state index contributed by atoms with van der Waals surface area (Å²) in [5.74, 6) is -0.504. The lowest BCUT2D eigenvalue weighted by Gasteiger charge is -2.29. The van der Waals surface area contributed by atoms with Crippen LogP contribution in [0.25, 0.3) is 22.4 Å². The minimum absolute atomic E-state index is 0.0127. The predicted molar refractivity (Wildman–Crippen MR) is 112 cm³/mol. The summed E-state index contributed by atoms with van der Waals surface area (Å²) in [5.41, 5.74) is 3.40. The normalized spacial score (nSPS) is 16.0. The molecule has 2 heterocycles. The van der Waals surface area contributed by atoms with Crippen LogP contribution in [-0.2, 0) is 0 Å². The van der Waals surface area contributed by atoms with Crippen LogP contribution in [0, 0.1) is 0 Å². The Morgan fingerprint density at radius 2 is 1.84 bits per heavy atom. The first-order valence-corrected chi connectivity index (χ1v) is 9.97. The highest BCUT2D eigenvalue weighted by Gasteiger charge is 2.32. The van der Waals surface area contributed by atoms with E-state index >= 15 is 0 Å². The van der Waals surface area contributed by atoms with Crippen LogP contribution in [0.5, 0.6) is 5.75 Å². The highest BCUT2D eigenvalue weighted by atomic mass is 19.4. The van der Waals surface area contributed by atoms with Crippen molar-refractivity contribution in [3.05, 3.63) is 66.4 Å². The second-order valence-corrected chi connectivity index (χ2v) is 7.36. The SMILES string of the molecule is CNCCC1CNC(=O)c2cc(-c3cccc(OC(F)(F)F)c3)c(-c3ccccc3)n21. The first-order valence-electron chi connectivity index (χ1n) is 9.97. The van der Waals surface area contributed by atoms with Gasteiger partial charge in [0, 0.05) is 12.1 Å². The average Bonchev–Trinajstić information content (AvgIpc) is 3.15. The number of nitrogens with zero attached hydrogens (tertiary/aromatic N) is 1. The van der Waals surface area contributed by atoms with Crippen molar-refractivity contribution in [1.82, 2.24) is 15.2 Å². The maximum atomic E-state index is 12.7. The van der Waals surface area contributed by atoms with Crippen molar-refractivity contribution in [3.63, 3.8) is 0 Å². The van der Waals surface area contributed by atoms with Crippen molar-refractivity contribution in [1.29, 1.82) is 0 Å². The third kappa shape index (κ3) is 4.44. The van der Waals surface area contributed by atoms with Gasteiger partial charge < -0.3 is 19.9 Å². The van der Waals surface area contributed by atoms with Gasteiger partial charge in [-0.05, 0) is 49.3 Å². The van der Waals surface area contributed by atoms with E-state index in [1.165, 1.54) is 18.2 Å². The minimum atomic E-state index is -4.78. The molecular weight excluding hydrogens is 407 g/mol. The fraction of sp³-hybridized carbons (Fsp3) is 0.261. The third-order valence-electron chi connectivity index (χ3n) is 5.29. The lowest BCUT2D eigenvalue weighted by molar-refractivity contribution is -0.274. The van der Waals surface area contributed by atoms with E-state index in [2.05, 4.69) is 15.4 Å². The number of hydrogen-bond donors (Lipinski definition) is 2. The number of carbonyl (C=O) groups excluding carboxylic acids is 1. The van der Waals surface area contributed by atoms with Gasteiger partial charge >= 0.3 is 6.36 Å². The lowest BCUT2D eigenvalue weighted by Crippen LogP contribution is -2.39. The summed E-state index contributed by atoms with van der Waals surface area (Å²) < 4.78 is 44.3. The van der Waals surface area contributed by atoms with Gasteiger partial charge in [0.05, 0.1) is 11.7 Å². The first-order chi connectivity index (χ1) is 14.9. The zero-order valence-electron chi connectivity index (χ0n) is 16.9. The Morgan fingerprint density at radius 3 is 2.55 bits per heavy atom. The standard InChI is InChI=1S/C23H22F3N3O2/c1-27-11-10-17-14-28-22(30)20-13-19(21(29(17)20)15-6-3-2-4-7-15)16-8-5-9-18(12-16)31-23(24,25)26/h2-9,12-13,17,27H,10-11,14H2,1H3,(H,28,30). The number of ether oxygens (including phenoxy) is 1. The molecule has 0 saturated heterocycles. The topological polar surface area (TPSA) is 55.3 Å². The number of amides is 1. The van der Waals surface area contributed by atoms with Gasteiger partial charge in [0.2, 0.25) is 0 Å². The Morgan fingerprint density at radius 1 is 1.10 bits per heavy atom. The van der Waals surface area contributed by atoms with E-state index in [-0.39, 0.29) is 17.7 Å². The number of hydrogen-bond acceptors (Lipinski definition) is 3. The number of aromatic nitrogens is 1. The van der Waals surface area contributed by atoms with Crippen LogP contribution in [0.3, 0.4) is 0 Å². The lowest BCUT2D eigenvalue weighted by atomic mass is 10.0. The second-order valence-electron chi connectivity index (χ2n) is 7.36. The molecular formula is C23H22F3N3O2. The third-order valence-corrected chi connectivity index (χ3v) is 5.29. The van der Waals surface area contributed by atoms with Crippen LogP contribution >= 0.6 is 0 Å². The van der Waals surface area contributed by atoms with Gasteiger partial charge in [-0.15, -0.1) is 13.2 Å². The molecule has 5 nitrogen and oxygen atoms in total. The maximum absolute atomic E-state index is 12.7. The monoisotopic (exact) mass is 429 g/mol. The summed E-state index contributed by atoms with van der Waals surface area (Å²) in [6.45, 7) is 1.25. The van der Waals surface area contributed by atoms with Crippen molar-refractivity contribution in [2.75, 3.05) is 20.1 Å². The molecule has 162 valence electrons. The smallest absolute Gasteiger partial charge is 0.406 e. The summed E-state index contributed by atoms with van der Waals surface area (Å²) >= 11 is 0. The van der Waals surface area contributed by atoms with E-state index in [0.717, 1.165) is 24.2 Å². The molecule has 0 bridgehead atoms. The fourth-order valence-corrected chi connectivity index (χ4v) is 3.98. The van der Waals surface area contributed by atoms with Crippen LogP contribution in [0.1, 0.15) is 23.0 Å². The van der Waals surface area contributed by atoms with E-state index in [1.54, 1.807) is 12.1 Å². The number of alkyl halides is 3. The second kappa shape index (κ2) is 8.47. The summed E-state index contributed by atoms with van der Waals surface area (Å²) in [5, 5.41) is 6.06. The van der Waals surface area contributed by atoms with Crippen LogP contribution in [0.4, 0.5) is 13.2 Å². The van der Waals surface area contributed by atoms with Gasteiger partial charge in [-0.3, -0.25) is 4.79 Å². The van der Waals surface area contributed by atoms with Crippen molar-refractivity contribution >= 4 is 5.91 Å². The summed E-state index contributed by atoms with van der Waals surface area (Å²) in [6, 6.07) is 17.2. The molecule has 0 saturated carbocycles. The van der Waals surface area contributed by atoms with Crippen molar-refractivity contribution in [2.45, 2.75) is 18.8 Å². The van der Waals surface area contributed by atoms with E-state index in [4.69, 9.17) is 0 Å². The molecule has 1 unspecified atom stereocenters. The fourth-order valence-electron chi connectivity index (χ4n) is 3.98. The zero-order valence-corrected chi connectivity index (χ0v) is 16.9. The van der Waals surface area contributed by atoms with Gasteiger partial charge in [0.25, 0.3) is 5.91 Å². The highest BCUT2D eigenvalue weighted by molar-refractivity contribution is 5.98. The molecule has 2 N–H and O–H groups in total. The van der Waals surface area contributed by atoms with Gasteiger partial charge in [-0.25, -0.2) is 0 Å². The molecule has 0 radical (unpaired) electrons. The number of halogens is 3. The molecule has 1 atom stereocenters. The molecule has 1 amide bonds. The Hall–Kier alpha value is -3.26. The number of nitrogens with one attached hydrogen (secondary N) is 2. The van der Waals surface area contributed by atoms with Gasteiger partial charge in [0.1, 0.15) is 11.4 Å². The van der Waals surface area contributed by atoms with Crippen molar-refractivity contribution in [3.8, 4) is 28.1 Å². The van der Waals surface area contributed by atoms with E-state index in [1.807, 2.05) is 41.9 Å². The number of fused-ring (bicyclic) bond motifs is 1. The summed E-state index contributed by atoms with van der Waals surface area (Å²) in [4.78, 5) is 12.7. The van der Waals surface area contributed by atoms with Crippen LogP contribution in [0.15, 0.2) is 60.7 Å². The maximum Gasteiger partial charge on any atom is 0.573 e. The van der Waals surface area contributed by atoms with Crippen LogP contribution in [-0.4, -0.2) is 37.0 Å². The van der Waals surface area contributed by atoms with E-state index < -0.39 is 6.36 Å². The Bertz CT molecular complexity index is 1080. The average molecular weight is 429 g/mol. The molecule has 4 rings (SSSR count). The quantitative estimate of drug-likeness (QED) is 0.602. The van der Waals surface area contributed by atoms with Crippen molar-refractivity contribution < 1.29 is 22.7 Å². The summed E-state index contributed by atoms with van der Waals surface area (Å²) in [7, 11) is 1.87. The van der Waals surface area contributed by atoms with E-state index in [0.29, 0.717) is 23.4 Å². The van der Waals surface area contributed by atoms with Gasteiger partial charge in [-0.1, -0.05) is 42.5 Å². The molecule has 0 fully saturated rings. The first kappa shape index (κ1) is 21.0. The van der Waals surface area contributed by atoms with Crippen LogP contribution in [0.2, 0.25) is 0 Å². The Labute approximate surface area is 177 Å². The number of rotatable bonds is 6. The van der Waals surface area contributed by atoms with Crippen molar-refractivity contribution in [2.24, 2.45) is 0 Å². The van der Waals surface area contributed by atoms with E-state index in [9.17, 15) is 18.0 Å². The number of benzene rings is 2. The number of carbonyl (C=O) groups is 1. The molecule has 31 heavy (non-hydrogen) atoms. The molecule has 1 aliphatic heterocycles. The molecule has 2 aromatic carbocycles. The Balaban J connectivity index is 1.90. The largest absolute Gasteiger partial charge is 0.573 e. The van der Waals surface area contributed by atoms with Gasteiger partial charge in [-0.2, -0.15) is 0 Å². The molecule has 1 aliphatic rings. The molecule has 0 aliphatic carbocycles.